The smallest absolute Gasteiger partial charge is 0.147 e. The lowest BCUT2D eigenvalue weighted by Crippen LogP contribution is -2.36. The largest absolute Gasteiger partial charge is 0.382 e. The molecule has 0 radical (unpaired) electrons. The number of likely N-dealkylation sites (tertiary alicyclic amines) is 1. The number of hydrogen-bond donors (Lipinski definition) is 2. The van der Waals surface area contributed by atoms with Gasteiger partial charge < -0.3 is 16.0 Å². The Morgan fingerprint density at radius 2 is 2.13 bits per heavy atom. The Balaban J connectivity index is 1.92. The van der Waals surface area contributed by atoms with Gasteiger partial charge in [0.2, 0.25) is 0 Å². The summed E-state index contributed by atoms with van der Waals surface area (Å²) in [6, 6.07) is 0.497. The van der Waals surface area contributed by atoms with E-state index in [9.17, 15) is 0 Å². The van der Waals surface area contributed by atoms with E-state index in [1.165, 1.54) is 0 Å². The van der Waals surface area contributed by atoms with Crippen LogP contribution in [0.1, 0.15) is 12.8 Å². The molecule has 1 aliphatic rings. The topological polar surface area (TPSA) is 67.1 Å². The van der Waals surface area contributed by atoms with E-state index < -0.39 is 0 Å². The van der Waals surface area contributed by atoms with E-state index in [2.05, 4.69) is 27.2 Å². The zero-order valence-electron chi connectivity index (χ0n) is 8.98. The molecule has 1 saturated heterocycles. The summed E-state index contributed by atoms with van der Waals surface area (Å²) in [7, 11) is 2.15. The molecule has 0 unspecified atom stereocenters. The number of anilines is 2. The maximum atomic E-state index is 5.56. The highest BCUT2D eigenvalue weighted by Crippen LogP contribution is 2.13. The van der Waals surface area contributed by atoms with Crippen molar-refractivity contribution in [2.24, 2.45) is 0 Å². The fourth-order valence-corrected chi connectivity index (χ4v) is 1.81. The first-order valence-corrected chi connectivity index (χ1v) is 5.26. The molecule has 2 heterocycles. The van der Waals surface area contributed by atoms with Gasteiger partial charge in [-0.3, -0.25) is 4.98 Å². The van der Waals surface area contributed by atoms with Crippen molar-refractivity contribution in [1.82, 2.24) is 14.9 Å². The molecule has 15 heavy (non-hydrogen) atoms. The Morgan fingerprint density at radius 3 is 2.80 bits per heavy atom. The van der Waals surface area contributed by atoms with Crippen molar-refractivity contribution in [2.45, 2.75) is 18.9 Å². The van der Waals surface area contributed by atoms with Crippen molar-refractivity contribution in [3.8, 4) is 0 Å². The van der Waals surface area contributed by atoms with Crippen molar-refractivity contribution in [2.75, 3.05) is 31.2 Å². The first-order chi connectivity index (χ1) is 7.24. The van der Waals surface area contributed by atoms with E-state index in [0.717, 1.165) is 31.7 Å². The molecule has 1 fully saturated rings. The number of rotatable bonds is 2. The highest BCUT2D eigenvalue weighted by atomic mass is 15.1. The molecule has 82 valence electrons. The Hall–Kier alpha value is -1.36. The standard InChI is InChI=1S/C10H17N5/c1-15-4-2-8(3-5-15)13-10-7-12-6-9(11)14-10/h6-8H,2-5H2,1H3,(H3,11,13,14). The minimum Gasteiger partial charge on any atom is -0.382 e. The minimum absolute atomic E-state index is 0.466. The lowest BCUT2D eigenvalue weighted by atomic mass is 10.1. The highest BCUT2D eigenvalue weighted by molar-refractivity contribution is 5.39. The molecule has 0 saturated carbocycles. The molecule has 1 aromatic rings. The van der Waals surface area contributed by atoms with Gasteiger partial charge in [-0.2, -0.15) is 0 Å². The van der Waals surface area contributed by atoms with Crippen LogP contribution in [0.15, 0.2) is 12.4 Å². The average Bonchev–Trinajstić information content (AvgIpc) is 2.22. The van der Waals surface area contributed by atoms with Gasteiger partial charge in [-0.1, -0.05) is 0 Å². The second kappa shape index (κ2) is 4.44. The average molecular weight is 207 g/mol. The molecule has 0 spiro atoms. The van der Waals surface area contributed by atoms with Gasteiger partial charge >= 0.3 is 0 Å². The highest BCUT2D eigenvalue weighted by Gasteiger charge is 2.16. The summed E-state index contributed by atoms with van der Waals surface area (Å²) in [4.78, 5) is 10.5. The summed E-state index contributed by atoms with van der Waals surface area (Å²) in [5.41, 5.74) is 5.56. The zero-order valence-corrected chi connectivity index (χ0v) is 8.98. The summed E-state index contributed by atoms with van der Waals surface area (Å²) < 4.78 is 0. The Morgan fingerprint density at radius 1 is 1.40 bits per heavy atom. The summed E-state index contributed by atoms with van der Waals surface area (Å²) >= 11 is 0. The quantitative estimate of drug-likeness (QED) is 0.742. The molecule has 0 amide bonds. The lowest BCUT2D eigenvalue weighted by molar-refractivity contribution is 0.263. The first-order valence-electron chi connectivity index (χ1n) is 5.26. The van der Waals surface area contributed by atoms with Gasteiger partial charge in [0.25, 0.3) is 0 Å². The zero-order chi connectivity index (χ0) is 10.7. The molecule has 0 aromatic carbocycles. The number of nitrogens with two attached hydrogens (primary N) is 1. The minimum atomic E-state index is 0.466. The number of piperidine rings is 1. The predicted molar refractivity (Wildman–Crippen MR) is 60.6 cm³/mol. The Kier molecular flexibility index (Phi) is 3.01. The second-order valence-corrected chi connectivity index (χ2v) is 4.05. The van der Waals surface area contributed by atoms with Crippen LogP contribution >= 0.6 is 0 Å². The first kappa shape index (κ1) is 10.2. The van der Waals surface area contributed by atoms with Gasteiger partial charge in [0.15, 0.2) is 0 Å². The Labute approximate surface area is 89.7 Å². The molecule has 5 nitrogen and oxygen atoms in total. The van der Waals surface area contributed by atoms with Crippen LogP contribution in [-0.4, -0.2) is 41.0 Å². The maximum Gasteiger partial charge on any atom is 0.147 e. The van der Waals surface area contributed by atoms with Crippen LogP contribution in [-0.2, 0) is 0 Å². The monoisotopic (exact) mass is 207 g/mol. The van der Waals surface area contributed by atoms with Crippen LogP contribution in [0.3, 0.4) is 0 Å². The van der Waals surface area contributed by atoms with Gasteiger partial charge in [0, 0.05) is 6.04 Å². The third-order valence-corrected chi connectivity index (χ3v) is 2.72. The molecule has 3 N–H and O–H groups in total. The van der Waals surface area contributed by atoms with Crippen molar-refractivity contribution in [1.29, 1.82) is 0 Å². The SMILES string of the molecule is CN1CCC(Nc2cncc(N)n2)CC1. The number of nitrogen functional groups attached to an aromatic ring is 1. The molecule has 2 rings (SSSR count). The fraction of sp³-hybridized carbons (Fsp3) is 0.600. The van der Waals surface area contributed by atoms with Crippen molar-refractivity contribution < 1.29 is 0 Å². The Bertz CT molecular complexity index is 319. The molecule has 0 aliphatic carbocycles. The number of aromatic nitrogens is 2. The number of nitrogens with one attached hydrogen (secondary N) is 1. The molecule has 1 aromatic heterocycles. The summed E-state index contributed by atoms with van der Waals surface area (Å²) in [5.74, 6) is 1.25. The van der Waals surface area contributed by atoms with Crippen LogP contribution in [0, 0.1) is 0 Å². The predicted octanol–water partition coefficient (Wildman–Crippen LogP) is 0.565. The molecule has 0 atom stereocenters. The molecule has 1 aliphatic heterocycles. The van der Waals surface area contributed by atoms with Crippen LogP contribution < -0.4 is 11.1 Å². The number of nitrogens with zero attached hydrogens (tertiary/aromatic N) is 3. The van der Waals surface area contributed by atoms with E-state index in [1.54, 1.807) is 12.4 Å². The summed E-state index contributed by atoms with van der Waals surface area (Å²) in [6.45, 7) is 2.26. The molecular weight excluding hydrogens is 190 g/mol. The van der Waals surface area contributed by atoms with Gasteiger partial charge in [-0.25, -0.2) is 4.98 Å². The van der Waals surface area contributed by atoms with E-state index in [4.69, 9.17) is 5.73 Å². The normalized spacial score (nSPS) is 19.0. The molecule has 0 bridgehead atoms. The van der Waals surface area contributed by atoms with Crippen LogP contribution in [0.25, 0.3) is 0 Å². The third-order valence-electron chi connectivity index (χ3n) is 2.72. The van der Waals surface area contributed by atoms with Crippen LogP contribution in [0.2, 0.25) is 0 Å². The van der Waals surface area contributed by atoms with Crippen LogP contribution in [0.4, 0.5) is 11.6 Å². The van der Waals surface area contributed by atoms with Gasteiger partial charge in [0.1, 0.15) is 11.6 Å². The number of hydrogen-bond acceptors (Lipinski definition) is 5. The van der Waals surface area contributed by atoms with Crippen molar-refractivity contribution in [3.05, 3.63) is 12.4 Å². The van der Waals surface area contributed by atoms with E-state index in [-0.39, 0.29) is 0 Å². The van der Waals surface area contributed by atoms with Crippen molar-refractivity contribution in [3.63, 3.8) is 0 Å². The lowest BCUT2D eigenvalue weighted by Gasteiger charge is -2.29. The molecular formula is C10H17N5. The van der Waals surface area contributed by atoms with Crippen LogP contribution in [0.5, 0.6) is 0 Å². The van der Waals surface area contributed by atoms with E-state index >= 15 is 0 Å². The second-order valence-electron chi connectivity index (χ2n) is 4.05. The van der Waals surface area contributed by atoms with Gasteiger partial charge in [0.05, 0.1) is 12.4 Å². The van der Waals surface area contributed by atoms with E-state index in [1.807, 2.05) is 0 Å². The maximum absolute atomic E-state index is 5.56. The third kappa shape index (κ3) is 2.79. The van der Waals surface area contributed by atoms with Gasteiger partial charge in [-0.15, -0.1) is 0 Å². The fourth-order valence-electron chi connectivity index (χ4n) is 1.81. The summed E-state index contributed by atoms with van der Waals surface area (Å²) in [5, 5.41) is 3.36. The van der Waals surface area contributed by atoms with Crippen molar-refractivity contribution >= 4 is 11.6 Å². The van der Waals surface area contributed by atoms with Gasteiger partial charge in [-0.05, 0) is 33.0 Å². The molecule has 5 heteroatoms. The van der Waals surface area contributed by atoms with E-state index in [0.29, 0.717) is 11.9 Å². The summed E-state index contributed by atoms with van der Waals surface area (Å²) in [6.07, 6.45) is 5.56.